The first kappa shape index (κ1) is 16.2. The van der Waals surface area contributed by atoms with Crippen LogP contribution in [0.25, 0.3) is 0 Å². The van der Waals surface area contributed by atoms with Crippen LogP contribution in [0.15, 0.2) is 0 Å². The molecule has 1 heterocycles. The van der Waals surface area contributed by atoms with Crippen LogP contribution < -0.4 is 0 Å². The SMILES string of the molecule is CC1CCC(O)(CN2CCCN(S(C)(=O)=O)CC2)CC1. The summed E-state index contributed by atoms with van der Waals surface area (Å²) < 4.78 is 24.7. The van der Waals surface area contributed by atoms with Crippen molar-refractivity contribution >= 4 is 10.0 Å². The summed E-state index contributed by atoms with van der Waals surface area (Å²) in [5.41, 5.74) is -0.563. The van der Waals surface area contributed by atoms with E-state index in [4.69, 9.17) is 0 Å². The number of aliphatic hydroxyl groups is 1. The van der Waals surface area contributed by atoms with Gasteiger partial charge in [-0.3, -0.25) is 4.90 Å². The fraction of sp³-hybridized carbons (Fsp3) is 1.00. The summed E-state index contributed by atoms with van der Waals surface area (Å²) in [7, 11) is -3.08. The van der Waals surface area contributed by atoms with Crippen molar-refractivity contribution in [2.45, 2.75) is 44.6 Å². The lowest BCUT2D eigenvalue weighted by atomic mass is 9.79. The molecule has 118 valence electrons. The number of sulfonamides is 1. The van der Waals surface area contributed by atoms with E-state index in [9.17, 15) is 13.5 Å². The summed E-state index contributed by atoms with van der Waals surface area (Å²) in [6, 6.07) is 0. The molecule has 0 atom stereocenters. The maximum atomic E-state index is 11.6. The van der Waals surface area contributed by atoms with E-state index in [0.717, 1.165) is 51.1 Å². The highest BCUT2D eigenvalue weighted by molar-refractivity contribution is 7.88. The zero-order valence-electron chi connectivity index (χ0n) is 12.7. The summed E-state index contributed by atoms with van der Waals surface area (Å²) >= 11 is 0. The summed E-state index contributed by atoms with van der Waals surface area (Å²) in [4.78, 5) is 2.24. The molecule has 0 aromatic heterocycles. The van der Waals surface area contributed by atoms with Crippen LogP contribution in [0.5, 0.6) is 0 Å². The first-order chi connectivity index (χ1) is 9.28. The summed E-state index contributed by atoms with van der Waals surface area (Å²) in [5, 5.41) is 10.7. The van der Waals surface area contributed by atoms with E-state index < -0.39 is 15.6 Å². The molecular weight excluding hydrogens is 276 g/mol. The van der Waals surface area contributed by atoms with Crippen molar-refractivity contribution in [2.24, 2.45) is 5.92 Å². The molecule has 0 unspecified atom stereocenters. The third kappa shape index (κ3) is 4.41. The second-order valence-electron chi connectivity index (χ2n) is 6.70. The van der Waals surface area contributed by atoms with Gasteiger partial charge in [0.2, 0.25) is 10.0 Å². The average Bonchev–Trinajstić information content (AvgIpc) is 2.58. The van der Waals surface area contributed by atoms with Crippen molar-refractivity contribution in [2.75, 3.05) is 39.0 Å². The molecule has 0 spiro atoms. The predicted octanol–water partition coefficient (Wildman–Crippen LogP) is 0.895. The quantitative estimate of drug-likeness (QED) is 0.841. The molecule has 2 aliphatic rings. The Kier molecular flexibility index (Phi) is 5.10. The number of hydrogen-bond acceptors (Lipinski definition) is 4. The molecule has 1 aliphatic heterocycles. The third-order valence-electron chi connectivity index (χ3n) is 4.74. The molecule has 1 aliphatic carbocycles. The number of rotatable bonds is 3. The van der Waals surface area contributed by atoms with E-state index in [1.165, 1.54) is 6.26 Å². The second-order valence-corrected chi connectivity index (χ2v) is 8.68. The molecule has 0 aromatic carbocycles. The topological polar surface area (TPSA) is 60.9 Å². The van der Waals surface area contributed by atoms with Gasteiger partial charge in [0.1, 0.15) is 0 Å². The van der Waals surface area contributed by atoms with Crippen molar-refractivity contribution in [3.05, 3.63) is 0 Å². The normalized spacial score (nSPS) is 34.9. The first-order valence-corrected chi connectivity index (χ1v) is 9.53. The molecule has 0 aromatic rings. The fourth-order valence-corrected chi connectivity index (χ4v) is 4.18. The summed E-state index contributed by atoms with van der Waals surface area (Å²) in [5.74, 6) is 0.722. The van der Waals surface area contributed by atoms with E-state index in [1.807, 2.05) is 0 Å². The largest absolute Gasteiger partial charge is 0.389 e. The Labute approximate surface area is 123 Å². The lowest BCUT2D eigenvalue weighted by Crippen LogP contribution is -2.46. The molecule has 2 fully saturated rings. The summed E-state index contributed by atoms with van der Waals surface area (Å²) in [6.45, 7) is 5.69. The standard InChI is InChI=1S/C14H28N2O3S/c1-13-4-6-14(17,7-5-13)12-15-8-3-9-16(11-10-15)20(2,18)19/h13,17H,3-12H2,1-2H3. The van der Waals surface area contributed by atoms with Crippen LogP contribution >= 0.6 is 0 Å². The van der Waals surface area contributed by atoms with Gasteiger partial charge >= 0.3 is 0 Å². The molecule has 0 radical (unpaired) electrons. The first-order valence-electron chi connectivity index (χ1n) is 7.68. The molecule has 20 heavy (non-hydrogen) atoms. The third-order valence-corrected chi connectivity index (χ3v) is 6.04. The smallest absolute Gasteiger partial charge is 0.211 e. The lowest BCUT2D eigenvalue weighted by Gasteiger charge is -2.38. The molecule has 1 saturated heterocycles. The minimum absolute atomic E-state index is 0.547. The molecule has 5 nitrogen and oxygen atoms in total. The molecule has 1 N–H and O–H groups in total. The summed E-state index contributed by atoms with van der Waals surface area (Å²) in [6.07, 6.45) is 6.07. The fourth-order valence-electron chi connectivity index (χ4n) is 3.31. The predicted molar refractivity (Wildman–Crippen MR) is 80.1 cm³/mol. The van der Waals surface area contributed by atoms with E-state index in [0.29, 0.717) is 19.6 Å². The Morgan fingerprint density at radius 2 is 1.80 bits per heavy atom. The average molecular weight is 304 g/mol. The van der Waals surface area contributed by atoms with Gasteiger partial charge in [-0.15, -0.1) is 0 Å². The van der Waals surface area contributed by atoms with Crippen LogP contribution in [0, 0.1) is 5.92 Å². The maximum Gasteiger partial charge on any atom is 0.211 e. The van der Waals surface area contributed by atoms with Crippen LogP contribution in [-0.2, 0) is 10.0 Å². The monoisotopic (exact) mass is 304 g/mol. The highest BCUT2D eigenvalue weighted by Crippen LogP contribution is 2.32. The maximum absolute atomic E-state index is 11.6. The number of hydrogen-bond donors (Lipinski definition) is 1. The Balaban J connectivity index is 1.88. The number of nitrogens with zero attached hydrogens (tertiary/aromatic N) is 2. The zero-order chi connectivity index (χ0) is 14.8. The van der Waals surface area contributed by atoms with Gasteiger partial charge in [0.15, 0.2) is 0 Å². The van der Waals surface area contributed by atoms with E-state index in [2.05, 4.69) is 11.8 Å². The van der Waals surface area contributed by atoms with Crippen molar-refractivity contribution in [3.8, 4) is 0 Å². The minimum Gasteiger partial charge on any atom is -0.389 e. The molecule has 1 saturated carbocycles. The van der Waals surface area contributed by atoms with Crippen LogP contribution in [0.3, 0.4) is 0 Å². The van der Waals surface area contributed by atoms with Gasteiger partial charge in [-0.05, 0) is 44.6 Å². The van der Waals surface area contributed by atoms with Gasteiger partial charge in [0, 0.05) is 26.2 Å². The molecule has 0 bridgehead atoms. The van der Waals surface area contributed by atoms with Gasteiger partial charge in [-0.2, -0.15) is 0 Å². The van der Waals surface area contributed by atoms with E-state index >= 15 is 0 Å². The van der Waals surface area contributed by atoms with Crippen LogP contribution in [-0.4, -0.2) is 67.3 Å². The van der Waals surface area contributed by atoms with E-state index in [-0.39, 0.29) is 0 Å². The van der Waals surface area contributed by atoms with Crippen molar-refractivity contribution in [3.63, 3.8) is 0 Å². The highest BCUT2D eigenvalue weighted by Gasteiger charge is 2.34. The van der Waals surface area contributed by atoms with Crippen molar-refractivity contribution < 1.29 is 13.5 Å². The highest BCUT2D eigenvalue weighted by atomic mass is 32.2. The molecule has 0 amide bonds. The van der Waals surface area contributed by atoms with Crippen molar-refractivity contribution in [1.29, 1.82) is 0 Å². The second kappa shape index (κ2) is 6.30. The Morgan fingerprint density at radius 3 is 2.40 bits per heavy atom. The van der Waals surface area contributed by atoms with Crippen LogP contribution in [0.1, 0.15) is 39.0 Å². The van der Waals surface area contributed by atoms with Gasteiger partial charge in [-0.25, -0.2) is 12.7 Å². The van der Waals surface area contributed by atoms with E-state index in [1.54, 1.807) is 4.31 Å². The van der Waals surface area contributed by atoms with Gasteiger partial charge < -0.3 is 5.11 Å². The van der Waals surface area contributed by atoms with Gasteiger partial charge in [-0.1, -0.05) is 6.92 Å². The van der Waals surface area contributed by atoms with Crippen molar-refractivity contribution in [1.82, 2.24) is 9.21 Å². The van der Waals surface area contributed by atoms with Crippen LogP contribution in [0.4, 0.5) is 0 Å². The minimum atomic E-state index is -3.08. The molecule has 6 heteroatoms. The molecule has 2 rings (SSSR count). The lowest BCUT2D eigenvalue weighted by molar-refractivity contribution is -0.0340. The van der Waals surface area contributed by atoms with Gasteiger partial charge in [0.25, 0.3) is 0 Å². The van der Waals surface area contributed by atoms with Gasteiger partial charge in [0.05, 0.1) is 11.9 Å². The molecular formula is C14H28N2O3S. The Bertz CT molecular complexity index is 416. The van der Waals surface area contributed by atoms with Crippen LogP contribution in [0.2, 0.25) is 0 Å². The zero-order valence-corrected chi connectivity index (χ0v) is 13.5. The Morgan fingerprint density at radius 1 is 1.15 bits per heavy atom. The Hall–Kier alpha value is -0.170. The number of β-amino-alcohol motifs (C(OH)–C–C–N with tert-alkyl or cyclic N) is 1.